The van der Waals surface area contributed by atoms with Gasteiger partial charge in [-0.2, -0.15) is 0 Å². The van der Waals surface area contributed by atoms with Crippen LogP contribution >= 0.6 is 24.0 Å². The molecular weight excluding hydrogens is 340 g/mol. The fourth-order valence-electron chi connectivity index (χ4n) is 1.76. The van der Waals surface area contributed by atoms with Crippen molar-refractivity contribution in [3.63, 3.8) is 0 Å². The third-order valence-corrected chi connectivity index (χ3v) is 4.65. The van der Waals surface area contributed by atoms with E-state index in [1.165, 1.54) is 14.0 Å². The second-order valence-electron chi connectivity index (χ2n) is 4.75. The van der Waals surface area contributed by atoms with Crippen LogP contribution in [0.2, 0.25) is 0 Å². The highest BCUT2D eigenvalue weighted by Crippen LogP contribution is 2.41. The smallest absolute Gasteiger partial charge is 0.308 e. The molecule has 9 heteroatoms. The van der Waals surface area contributed by atoms with E-state index in [4.69, 9.17) is 21.7 Å². The van der Waals surface area contributed by atoms with Gasteiger partial charge in [-0.05, 0) is 6.07 Å². The van der Waals surface area contributed by atoms with Crippen molar-refractivity contribution in [2.75, 3.05) is 27.7 Å². The summed E-state index contributed by atoms with van der Waals surface area (Å²) in [6.45, 7) is 0.899. The third-order valence-electron chi connectivity index (χ3n) is 2.75. The molecule has 1 rings (SSSR count). The molecular formula is C14H18N2O5S2. The lowest BCUT2D eigenvalue weighted by Crippen LogP contribution is -2.20. The molecule has 0 aliphatic heterocycles. The van der Waals surface area contributed by atoms with E-state index >= 15 is 0 Å². The summed E-state index contributed by atoms with van der Waals surface area (Å²) in [5.74, 6) is -0.0124. The maximum atomic E-state index is 11.4. The molecule has 0 heterocycles. The van der Waals surface area contributed by atoms with E-state index < -0.39 is 16.1 Å². The van der Waals surface area contributed by atoms with Gasteiger partial charge in [0.15, 0.2) is 11.5 Å². The molecule has 0 saturated heterocycles. The summed E-state index contributed by atoms with van der Waals surface area (Å²) in [6.07, 6.45) is 0. The number of nitrogens with zero attached hydrogens (tertiary/aromatic N) is 2. The van der Waals surface area contributed by atoms with Crippen molar-refractivity contribution in [3.05, 3.63) is 33.9 Å². The Labute approximate surface area is 144 Å². The van der Waals surface area contributed by atoms with Crippen molar-refractivity contribution in [3.8, 4) is 11.5 Å². The number of nitro groups is 1. The zero-order valence-corrected chi connectivity index (χ0v) is 14.9. The van der Waals surface area contributed by atoms with Crippen molar-refractivity contribution in [2.45, 2.75) is 12.2 Å². The Balaban J connectivity index is 3.30. The Hall–Kier alpha value is -1.87. The molecule has 0 aliphatic carbocycles. The standard InChI is InChI=1S/C14H18N2O5S2/c1-9(17)21-13-10(6-5-7-11(13)20-4)12(8-16(18)19)23-14(22)15(2)3/h5-7,12H,8H2,1-4H3. The molecule has 0 amide bonds. The van der Waals surface area contributed by atoms with E-state index in [0.717, 1.165) is 11.8 Å². The predicted molar refractivity (Wildman–Crippen MR) is 92.8 cm³/mol. The molecule has 0 bridgehead atoms. The predicted octanol–water partition coefficient (Wildman–Crippen LogP) is 2.52. The van der Waals surface area contributed by atoms with Gasteiger partial charge in [-0.25, -0.2) is 0 Å². The van der Waals surface area contributed by atoms with Crippen LogP contribution in [-0.2, 0) is 4.79 Å². The van der Waals surface area contributed by atoms with E-state index in [9.17, 15) is 14.9 Å². The van der Waals surface area contributed by atoms with Gasteiger partial charge < -0.3 is 14.4 Å². The number of thioether (sulfide) groups is 1. The number of esters is 1. The van der Waals surface area contributed by atoms with Gasteiger partial charge in [0.25, 0.3) is 0 Å². The number of ether oxygens (including phenoxy) is 2. The third kappa shape index (κ3) is 5.68. The van der Waals surface area contributed by atoms with Crippen molar-refractivity contribution < 1.29 is 19.2 Å². The zero-order chi connectivity index (χ0) is 17.6. The largest absolute Gasteiger partial charge is 0.493 e. The minimum Gasteiger partial charge on any atom is -0.493 e. The summed E-state index contributed by atoms with van der Waals surface area (Å²) in [4.78, 5) is 23.6. The van der Waals surface area contributed by atoms with Crippen molar-refractivity contribution in [1.82, 2.24) is 4.90 Å². The number of carbonyl (C=O) groups excluding carboxylic acids is 1. The molecule has 7 nitrogen and oxygen atoms in total. The minimum absolute atomic E-state index is 0.184. The first-order chi connectivity index (χ1) is 10.8. The van der Waals surface area contributed by atoms with Gasteiger partial charge >= 0.3 is 5.97 Å². The van der Waals surface area contributed by atoms with E-state index in [-0.39, 0.29) is 12.3 Å². The van der Waals surface area contributed by atoms with Gasteiger partial charge in [-0.1, -0.05) is 36.1 Å². The fraction of sp³-hybridized carbons (Fsp3) is 0.429. The molecule has 23 heavy (non-hydrogen) atoms. The molecule has 126 valence electrons. The number of hydrogen-bond donors (Lipinski definition) is 0. The van der Waals surface area contributed by atoms with Gasteiger partial charge in [0.05, 0.1) is 7.11 Å². The quantitative estimate of drug-likeness (QED) is 0.252. The molecule has 0 aliphatic rings. The number of rotatable bonds is 6. The maximum Gasteiger partial charge on any atom is 0.308 e. The average molecular weight is 358 g/mol. The number of carbonyl (C=O) groups is 1. The summed E-state index contributed by atoms with van der Waals surface area (Å²) >= 11 is 6.39. The Kier molecular flexibility index (Phi) is 7.24. The van der Waals surface area contributed by atoms with Crippen LogP contribution in [0.5, 0.6) is 11.5 Å². The molecule has 0 N–H and O–H groups in total. The van der Waals surface area contributed by atoms with Crippen LogP contribution in [-0.4, -0.2) is 47.9 Å². The van der Waals surface area contributed by atoms with Crippen LogP contribution in [0.3, 0.4) is 0 Å². The lowest BCUT2D eigenvalue weighted by atomic mass is 10.1. The topological polar surface area (TPSA) is 81.9 Å². The first-order valence-corrected chi connectivity index (χ1v) is 7.90. The first-order valence-electron chi connectivity index (χ1n) is 6.61. The number of hydrogen-bond acceptors (Lipinski definition) is 7. The van der Waals surface area contributed by atoms with E-state index in [1.54, 1.807) is 37.2 Å². The van der Waals surface area contributed by atoms with Crippen LogP contribution in [0.15, 0.2) is 18.2 Å². The highest BCUT2D eigenvalue weighted by Gasteiger charge is 2.27. The van der Waals surface area contributed by atoms with Crippen LogP contribution < -0.4 is 9.47 Å². The SMILES string of the molecule is COc1cccc(C(C[N+](=O)[O-])SC(=S)N(C)C)c1OC(C)=O. The second-order valence-corrected chi connectivity index (χ2v) is 6.59. The number of para-hydroxylation sites is 1. The molecule has 0 saturated carbocycles. The molecule has 0 fully saturated rings. The number of methoxy groups -OCH3 is 1. The summed E-state index contributed by atoms with van der Waals surface area (Å²) < 4.78 is 10.9. The Morgan fingerprint density at radius 3 is 2.61 bits per heavy atom. The summed E-state index contributed by atoms with van der Waals surface area (Å²) in [5.41, 5.74) is 0.491. The maximum absolute atomic E-state index is 11.4. The molecule has 1 aromatic rings. The molecule has 1 unspecified atom stereocenters. The van der Waals surface area contributed by atoms with Crippen LogP contribution in [0.25, 0.3) is 0 Å². The molecule has 0 radical (unpaired) electrons. The Morgan fingerprint density at radius 2 is 2.13 bits per heavy atom. The molecule has 1 atom stereocenters. The van der Waals surface area contributed by atoms with Gasteiger partial charge in [0, 0.05) is 31.5 Å². The van der Waals surface area contributed by atoms with E-state index in [0.29, 0.717) is 15.6 Å². The summed E-state index contributed by atoms with van der Waals surface area (Å²) in [5, 5.41) is 10.4. The van der Waals surface area contributed by atoms with Crippen LogP contribution in [0.4, 0.5) is 0 Å². The molecule has 1 aromatic carbocycles. The molecule has 0 aromatic heterocycles. The Bertz CT molecular complexity index is 607. The van der Waals surface area contributed by atoms with Gasteiger partial charge in [-0.15, -0.1) is 0 Å². The first kappa shape index (κ1) is 19.2. The lowest BCUT2D eigenvalue weighted by Gasteiger charge is -2.21. The fourth-order valence-corrected chi connectivity index (χ4v) is 3.07. The number of benzene rings is 1. The van der Waals surface area contributed by atoms with E-state index in [1.807, 2.05) is 0 Å². The van der Waals surface area contributed by atoms with Crippen molar-refractivity contribution >= 4 is 34.3 Å². The van der Waals surface area contributed by atoms with Gasteiger partial charge in [-0.3, -0.25) is 14.9 Å². The lowest BCUT2D eigenvalue weighted by molar-refractivity contribution is -0.479. The highest BCUT2D eigenvalue weighted by atomic mass is 32.2. The highest BCUT2D eigenvalue weighted by molar-refractivity contribution is 8.23. The monoisotopic (exact) mass is 358 g/mol. The van der Waals surface area contributed by atoms with Gasteiger partial charge in [0.1, 0.15) is 9.57 Å². The van der Waals surface area contributed by atoms with E-state index in [2.05, 4.69) is 0 Å². The zero-order valence-electron chi connectivity index (χ0n) is 13.3. The molecule has 0 spiro atoms. The van der Waals surface area contributed by atoms with Crippen LogP contribution in [0, 0.1) is 10.1 Å². The number of thiocarbonyl (C=S) groups is 1. The van der Waals surface area contributed by atoms with Crippen molar-refractivity contribution in [2.24, 2.45) is 0 Å². The minimum atomic E-state index is -0.607. The van der Waals surface area contributed by atoms with Crippen molar-refractivity contribution in [1.29, 1.82) is 0 Å². The Morgan fingerprint density at radius 1 is 1.48 bits per heavy atom. The second kappa shape index (κ2) is 8.68. The average Bonchev–Trinajstić information content (AvgIpc) is 2.45. The van der Waals surface area contributed by atoms with Gasteiger partial charge in [0.2, 0.25) is 6.54 Å². The normalized spacial score (nSPS) is 11.5. The summed E-state index contributed by atoms with van der Waals surface area (Å²) in [6, 6.07) is 4.98. The van der Waals surface area contributed by atoms with Crippen LogP contribution in [0.1, 0.15) is 17.7 Å². The summed E-state index contributed by atoms with van der Waals surface area (Å²) in [7, 11) is 4.96.